The highest BCUT2D eigenvalue weighted by molar-refractivity contribution is 5.44. The Morgan fingerprint density at radius 2 is 2.38 bits per heavy atom. The van der Waals surface area contributed by atoms with Gasteiger partial charge in [-0.15, -0.1) is 0 Å². The summed E-state index contributed by atoms with van der Waals surface area (Å²) in [6, 6.07) is 3.66. The molecule has 0 spiro atoms. The lowest BCUT2D eigenvalue weighted by Crippen LogP contribution is -2.57. The van der Waals surface area contributed by atoms with Gasteiger partial charge in [0.25, 0.3) is 5.69 Å². The third-order valence-corrected chi connectivity index (χ3v) is 2.78. The molecule has 0 amide bonds. The number of anilines is 1. The quantitative estimate of drug-likeness (QED) is 0.602. The Balaban J connectivity index is 2.15. The summed E-state index contributed by atoms with van der Waals surface area (Å²) in [5, 5.41) is 13.7. The van der Waals surface area contributed by atoms with E-state index in [1.165, 1.54) is 12.3 Å². The second-order valence-corrected chi connectivity index (χ2v) is 3.73. The van der Waals surface area contributed by atoms with E-state index < -0.39 is 4.92 Å². The van der Waals surface area contributed by atoms with Crippen molar-refractivity contribution in [2.75, 3.05) is 24.5 Å². The number of nitro groups is 1. The topological polar surface area (TPSA) is 71.3 Å². The first kappa shape index (κ1) is 10.8. The molecule has 1 aliphatic heterocycles. The molecule has 1 aliphatic rings. The molecule has 0 atom stereocenters. The Bertz CT molecular complexity index is 375. The van der Waals surface area contributed by atoms with Gasteiger partial charge in [-0.3, -0.25) is 10.1 Å². The minimum Gasteiger partial charge on any atom is -0.351 e. The predicted octanol–water partition coefficient (Wildman–Crippen LogP) is 0.788. The zero-order valence-corrected chi connectivity index (χ0v) is 9.09. The van der Waals surface area contributed by atoms with Crippen LogP contribution >= 0.6 is 0 Å². The van der Waals surface area contributed by atoms with Gasteiger partial charge in [-0.2, -0.15) is 0 Å². The molecule has 1 aromatic rings. The van der Waals surface area contributed by atoms with Gasteiger partial charge in [0.1, 0.15) is 12.0 Å². The number of rotatable bonds is 4. The van der Waals surface area contributed by atoms with E-state index in [-0.39, 0.29) is 5.69 Å². The molecule has 1 aromatic heterocycles. The maximum atomic E-state index is 10.5. The van der Waals surface area contributed by atoms with Crippen LogP contribution in [0.15, 0.2) is 18.3 Å². The zero-order valence-electron chi connectivity index (χ0n) is 9.09. The molecule has 1 saturated heterocycles. The van der Waals surface area contributed by atoms with E-state index in [4.69, 9.17) is 0 Å². The van der Waals surface area contributed by atoms with E-state index in [1.807, 2.05) is 0 Å². The summed E-state index contributed by atoms with van der Waals surface area (Å²) in [5.74, 6) is 0.805. The van der Waals surface area contributed by atoms with E-state index in [9.17, 15) is 10.1 Å². The van der Waals surface area contributed by atoms with Crippen molar-refractivity contribution in [3.63, 3.8) is 0 Å². The van der Waals surface area contributed by atoms with Gasteiger partial charge in [-0.25, -0.2) is 4.98 Å². The van der Waals surface area contributed by atoms with Gasteiger partial charge in [0.15, 0.2) is 0 Å². The van der Waals surface area contributed by atoms with Gasteiger partial charge in [0, 0.05) is 25.7 Å². The Morgan fingerprint density at radius 3 is 2.75 bits per heavy atom. The van der Waals surface area contributed by atoms with Crippen molar-refractivity contribution in [1.29, 1.82) is 0 Å². The predicted molar refractivity (Wildman–Crippen MR) is 60.6 cm³/mol. The molecule has 0 bridgehead atoms. The first-order valence-electron chi connectivity index (χ1n) is 5.30. The lowest BCUT2D eigenvalue weighted by Gasteiger charge is -2.38. The summed E-state index contributed by atoms with van der Waals surface area (Å²) < 4.78 is 0. The summed E-state index contributed by atoms with van der Waals surface area (Å²) in [6.07, 6.45) is 1.31. The minimum absolute atomic E-state index is 0.0338. The summed E-state index contributed by atoms with van der Waals surface area (Å²) in [5.41, 5.74) is 0.0338. The monoisotopic (exact) mass is 222 g/mol. The van der Waals surface area contributed by atoms with Crippen LogP contribution in [0.2, 0.25) is 0 Å². The number of pyridine rings is 1. The SMILES string of the molecule is CCN(c1ccc([N+](=O)[O-])cn1)C1CNC1. The average Bonchev–Trinajstić information content (AvgIpc) is 2.23. The van der Waals surface area contributed by atoms with Crippen molar-refractivity contribution in [1.82, 2.24) is 10.3 Å². The summed E-state index contributed by atoms with van der Waals surface area (Å²) >= 11 is 0. The van der Waals surface area contributed by atoms with Crippen molar-refractivity contribution in [2.45, 2.75) is 13.0 Å². The van der Waals surface area contributed by atoms with Gasteiger partial charge in [-0.05, 0) is 13.0 Å². The smallest absolute Gasteiger partial charge is 0.287 e. The van der Waals surface area contributed by atoms with Gasteiger partial charge >= 0.3 is 0 Å². The fourth-order valence-corrected chi connectivity index (χ4v) is 1.76. The fourth-order valence-electron chi connectivity index (χ4n) is 1.76. The standard InChI is InChI=1S/C10H14N4O2/c1-2-13(9-5-11-6-9)10-4-3-8(7-12-10)14(15)16/h3-4,7,9,11H,2,5-6H2,1H3. The van der Waals surface area contributed by atoms with Crippen LogP contribution in [-0.2, 0) is 0 Å². The molecular formula is C10H14N4O2. The summed E-state index contributed by atoms with van der Waals surface area (Å²) in [7, 11) is 0. The van der Waals surface area contributed by atoms with Crippen molar-refractivity contribution in [2.24, 2.45) is 0 Å². The van der Waals surface area contributed by atoms with E-state index in [2.05, 4.69) is 22.1 Å². The number of nitrogens with zero attached hydrogens (tertiary/aromatic N) is 3. The first-order valence-corrected chi connectivity index (χ1v) is 5.30. The number of likely N-dealkylation sites (N-methyl/N-ethyl adjacent to an activating group) is 1. The van der Waals surface area contributed by atoms with Crippen LogP contribution in [0.25, 0.3) is 0 Å². The van der Waals surface area contributed by atoms with Crippen LogP contribution in [0.1, 0.15) is 6.92 Å². The highest BCUT2D eigenvalue weighted by atomic mass is 16.6. The Hall–Kier alpha value is -1.69. The van der Waals surface area contributed by atoms with E-state index in [1.54, 1.807) is 6.07 Å². The van der Waals surface area contributed by atoms with Crippen LogP contribution in [0.3, 0.4) is 0 Å². The van der Waals surface area contributed by atoms with Crippen molar-refractivity contribution >= 4 is 11.5 Å². The van der Waals surface area contributed by atoms with Crippen LogP contribution in [0.5, 0.6) is 0 Å². The molecular weight excluding hydrogens is 208 g/mol. The van der Waals surface area contributed by atoms with Crippen LogP contribution in [0.4, 0.5) is 11.5 Å². The van der Waals surface area contributed by atoms with E-state index in [0.29, 0.717) is 6.04 Å². The molecule has 6 heteroatoms. The second kappa shape index (κ2) is 4.44. The van der Waals surface area contributed by atoms with E-state index in [0.717, 1.165) is 25.5 Å². The molecule has 0 aliphatic carbocycles. The average molecular weight is 222 g/mol. The van der Waals surface area contributed by atoms with Crippen molar-refractivity contribution < 1.29 is 4.92 Å². The van der Waals surface area contributed by atoms with Crippen LogP contribution in [-0.4, -0.2) is 35.6 Å². The van der Waals surface area contributed by atoms with Gasteiger partial charge < -0.3 is 10.2 Å². The number of hydrogen-bond acceptors (Lipinski definition) is 5. The normalized spacial score (nSPS) is 15.6. The minimum atomic E-state index is -0.433. The van der Waals surface area contributed by atoms with E-state index >= 15 is 0 Å². The molecule has 1 fully saturated rings. The molecule has 2 rings (SSSR count). The third-order valence-electron chi connectivity index (χ3n) is 2.78. The first-order chi connectivity index (χ1) is 7.72. The highest BCUT2D eigenvalue weighted by Crippen LogP contribution is 2.18. The lowest BCUT2D eigenvalue weighted by molar-refractivity contribution is -0.385. The summed E-state index contributed by atoms with van der Waals surface area (Å²) in [4.78, 5) is 16.3. The molecule has 0 saturated carbocycles. The van der Waals surface area contributed by atoms with Gasteiger partial charge in [0.2, 0.25) is 0 Å². The Kier molecular flexibility index (Phi) is 3.00. The molecule has 6 nitrogen and oxygen atoms in total. The zero-order chi connectivity index (χ0) is 11.5. The second-order valence-electron chi connectivity index (χ2n) is 3.73. The number of aromatic nitrogens is 1. The molecule has 2 heterocycles. The van der Waals surface area contributed by atoms with Gasteiger partial charge in [0.05, 0.1) is 11.0 Å². The number of nitrogens with one attached hydrogen (secondary N) is 1. The molecule has 0 unspecified atom stereocenters. The van der Waals surface area contributed by atoms with Crippen molar-refractivity contribution in [3.8, 4) is 0 Å². The molecule has 16 heavy (non-hydrogen) atoms. The maximum absolute atomic E-state index is 10.5. The third kappa shape index (κ3) is 1.96. The summed E-state index contributed by atoms with van der Waals surface area (Å²) in [6.45, 7) is 4.82. The molecule has 0 radical (unpaired) electrons. The molecule has 0 aromatic carbocycles. The lowest BCUT2D eigenvalue weighted by atomic mass is 10.1. The highest BCUT2D eigenvalue weighted by Gasteiger charge is 2.24. The molecule has 86 valence electrons. The fraction of sp³-hybridized carbons (Fsp3) is 0.500. The van der Waals surface area contributed by atoms with Crippen LogP contribution in [0, 0.1) is 10.1 Å². The largest absolute Gasteiger partial charge is 0.351 e. The Labute approximate surface area is 93.4 Å². The van der Waals surface area contributed by atoms with Crippen molar-refractivity contribution in [3.05, 3.63) is 28.4 Å². The van der Waals surface area contributed by atoms with Gasteiger partial charge in [-0.1, -0.05) is 0 Å². The van der Waals surface area contributed by atoms with Crippen LogP contribution < -0.4 is 10.2 Å². The molecule has 1 N–H and O–H groups in total. The maximum Gasteiger partial charge on any atom is 0.287 e. The number of hydrogen-bond donors (Lipinski definition) is 1. The Morgan fingerprint density at radius 1 is 1.62 bits per heavy atom.